The number of para-hydroxylation sites is 1. The lowest BCUT2D eigenvalue weighted by Gasteiger charge is -2.28. The molecular weight excluding hydrogens is 338 g/mol. The Labute approximate surface area is 141 Å². The van der Waals surface area contributed by atoms with Crippen molar-refractivity contribution in [3.05, 3.63) is 29.8 Å². The summed E-state index contributed by atoms with van der Waals surface area (Å²) in [5.74, 6) is -2.55. The molecular formula is C16H22F2N2O3S. The van der Waals surface area contributed by atoms with E-state index >= 15 is 0 Å². The number of nitrogens with zero attached hydrogens (tertiary/aromatic N) is 1. The number of benzene rings is 1. The molecule has 1 aliphatic carbocycles. The maximum absolute atomic E-state index is 13.6. The lowest BCUT2D eigenvalue weighted by atomic mass is 10.1. The van der Waals surface area contributed by atoms with Gasteiger partial charge in [-0.05, 0) is 25.0 Å². The number of hydrogen-bond acceptors (Lipinski definition) is 3. The lowest BCUT2D eigenvalue weighted by Crippen LogP contribution is -2.44. The largest absolute Gasteiger partial charge is 0.320 e. The molecule has 2 rings (SSSR count). The Hall–Kier alpha value is -1.54. The second-order valence-corrected chi connectivity index (χ2v) is 8.03. The highest BCUT2D eigenvalue weighted by Gasteiger charge is 2.29. The molecule has 0 atom stereocenters. The molecule has 5 nitrogen and oxygen atoms in total. The quantitative estimate of drug-likeness (QED) is 0.821. The Balaban J connectivity index is 2.13. The third kappa shape index (κ3) is 4.98. The first-order valence-electron chi connectivity index (χ1n) is 7.99. The van der Waals surface area contributed by atoms with Gasteiger partial charge in [0.15, 0.2) is 0 Å². The third-order valence-corrected chi connectivity index (χ3v) is 5.46. The molecule has 8 heteroatoms. The van der Waals surface area contributed by atoms with E-state index in [4.69, 9.17) is 0 Å². The van der Waals surface area contributed by atoms with Gasteiger partial charge in [-0.3, -0.25) is 4.79 Å². The fourth-order valence-corrected chi connectivity index (χ4v) is 4.10. The van der Waals surface area contributed by atoms with Crippen LogP contribution in [0.1, 0.15) is 38.5 Å². The van der Waals surface area contributed by atoms with Gasteiger partial charge in [0.05, 0.1) is 12.8 Å². The van der Waals surface area contributed by atoms with Gasteiger partial charge in [-0.1, -0.05) is 31.7 Å². The highest BCUT2D eigenvalue weighted by atomic mass is 32.2. The van der Waals surface area contributed by atoms with Gasteiger partial charge in [-0.15, -0.1) is 0 Å². The molecule has 1 aromatic rings. The van der Waals surface area contributed by atoms with Gasteiger partial charge in [0.2, 0.25) is 15.9 Å². The van der Waals surface area contributed by atoms with Gasteiger partial charge in [-0.25, -0.2) is 17.2 Å². The maximum Gasteiger partial charge on any atom is 0.239 e. The molecule has 1 N–H and O–H groups in total. The number of carbonyl (C=O) groups is 1. The number of halogens is 2. The summed E-state index contributed by atoms with van der Waals surface area (Å²) in [6.07, 6.45) is 6.32. The summed E-state index contributed by atoms with van der Waals surface area (Å²) in [5.41, 5.74) is -0.559. The van der Waals surface area contributed by atoms with Crippen LogP contribution in [-0.2, 0) is 14.8 Å². The SMILES string of the molecule is CS(=O)(=O)N(CC(=O)Nc1c(F)cccc1F)C1CCCCCC1. The summed E-state index contributed by atoms with van der Waals surface area (Å²) in [6.45, 7) is -0.447. The highest BCUT2D eigenvalue weighted by molar-refractivity contribution is 7.88. The van der Waals surface area contributed by atoms with Crippen LogP contribution in [0.15, 0.2) is 18.2 Å². The van der Waals surface area contributed by atoms with Gasteiger partial charge in [0.1, 0.15) is 17.3 Å². The number of amides is 1. The summed E-state index contributed by atoms with van der Waals surface area (Å²) in [7, 11) is -3.60. The van der Waals surface area contributed by atoms with Crippen molar-refractivity contribution < 1.29 is 22.0 Å². The zero-order chi connectivity index (χ0) is 17.7. The van der Waals surface area contributed by atoms with E-state index in [0.29, 0.717) is 12.8 Å². The van der Waals surface area contributed by atoms with Gasteiger partial charge in [0.25, 0.3) is 0 Å². The van der Waals surface area contributed by atoms with Crippen LogP contribution in [0.2, 0.25) is 0 Å². The van der Waals surface area contributed by atoms with Crippen molar-refractivity contribution in [2.24, 2.45) is 0 Å². The molecule has 0 unspecified atom stereocenters. The van der Waals surface area contributed by atoms with Gasteiger partial charge < -0.3 is 5.32 Å². The average Bonchev–Trinajstić information content (AvgIpc) is 2.76. The number of carbonyl (C=O) groups excluding carboxylic acids is 1. The van der Waals surface area contributed by atoms with Crippen LogP contribution in [0, 0.1) is 11.6 Å². The lowest BCUT2D eigenvalue weighted by molar-refractivity contribution is -0.116. The minimum atomic E-state index is -3.60. The maximum atomic E-state index is 13.6. The van der Waals surface area contributed by atoms with Crippen molar-refractivity contribution in [1.82, 2.24) is 4.31 Å². The Bertz CT molecular complexity index is 666. The molecule has 1 fully saturated rings. The van der Waals surface area contributed by atoms with E-state index in [9.17, 15) is 22.0 Å². The van der Waals surface area contributed by atoms with Crippen molar-refractivity contribution in [3.8, 4) is 0 Å². The molecule has 1 aliphatic rings. The van der Waals surface area contributed by atoms with E-state index in [1.807, 2.05) is 0 Å². The van der Waals surface area contributed by atoms with E-state index in [2.05, 4.69) is 5.32 Å². The number of sulfonamides is 1. The summed E-state index contributed by atoms with van der Waals surface area (Å²) >= 11 is 0. The summed E-state index contributed by atoms with van der Waals surface area (Å²) in [5, 5.41) is 2.14. The van der Waals surface area contributed by atoms with E-state index in [1.165, 1.54) is 6.07 Å². The van der Waals surface area contributed by atoms with Crippen LogP contribution in [0.3, 0.4) is 0 Å². The van der Waals surface area contributed by atoms with Crippen molar-refractivity contribution in [3.63, 3.8) is 0 Å². The molecule has 0 aromatic heterocycles. The summed E-state index contributed by atoms with van der Waals surface area (Å²) in [4.78, 5) is 12.2. The number of nitrogens with one attached hydrogen (secondary N) is 1. The normalized spacial score (nSPS) is 16.8. The van der Waals surface area contributed by atoms with Gasteiger partial charge >= 0.3 is 0 Å². The van der Waals surface area contributed by atoms with E-state index in [-0.39, 0.29) is 6.04 Å². The molecule has 0 aliphatic heterocycles. The van der Waals surface area contributed by atoms with Crippen LogP contribution < -0.4 is 5.32 Å². The van der Waals surface area contributed by atoms with Crippen molar-refractivity contribution in [2.45, 2.75) is 44.6 Å². The first kappa shape index (κ1) is 18.8. The molecule has 0 saturated heterocycles. The van der Waals surface area contributed by atoms with Crippen LogP contribution in [0.5, 0.6) is 0 Å². The number of anilines is 1. The predicted octanol–water partition coefficient (Wildman–Crippen LogP) is 2.89. The smallest absolute Gasteiger partial charge is 0.239 e. The predicted molar refractivity (Wildman–Crippen MR) is 88.0 cm³/mol. The molecule has 24 heavy (non-hydrogen) atoms. The molecule has 0 heterocycles. The molecule has 0 bridgehead atoms. The van der Waals surface area contributed by atoms with Crippen molar-refractivity contribution >= 4 is 21.6 Å². The standard InChI is InChI=1S/C16H22F2N2O3S/c1-24(22,23)20(12-7-4-2-3-5-8-12)11-15(21)19-16-13(17)9-6-10-14(16)18/h6,9-10,12H,2-5,7-8,11H2,1H3,(H,19,21). The van der Waals surface area contributed by atoms with Gasteiger partial charge in [0, 0.05) is 6.04 Å². The Morgan fingerprint density at radius 1 is 1.17 bits per heavy atom. The summed E-state index contributed by atoms with van der Waals surface area (Å²) in [6, 6.07) is 2.99. The second kappa shape index (κ2) is 8.02. The Kier molecular flexibility index (Phi) is 6.28. The first-order valence-corrected chi connectivity index (χ1v) is 9.84. The Morgan fingerprint density at radius 3 is 2.21 bits per heavy atom. The van der Waals surface area contributed by atoms with Crippen molar-refractivity contribution in [1.29, 1.82) is 0 Å². The zero-order valence-electron chi connectivity index (χ0n) is 13.6. The van der Waals surface area contributed by atoms with Gasteiger partial charge in [-0.2, -0.15) is 4.31 Å². The van der Waals surface area contributed by atoms with Crippen molar-refractivity contribution in [2.75, 3.05) is 18.1 Å². The minimum absolute atomic E-state index is 0.251. The molecule has 1 aromatic carbocycles. The molecule has 134 valence electrons. The monoisotopic (exact) mass is 360 g/mol. The first-order chi connectivity index (χ1) is 11.3. The van der Waals surface area contributed by atoms with E-state index in [1.54, 1.807) is 0 Å². The second-order valence-electron chi connectivity index (χ2n) is 6.10. The Morgan fingerprint density at radius 2 is 1.71 bits per heavy atom. The van der Waals surface area contributed by atoms with E-state index < -0.39 is 39.8 Å². The van der Waals surface area contributed by atoms with Crippen LogP contribution in [0.4, 0.5) is 14.5 Å². The van der Waals surface area contributed by atoms with E-state index in [0.717, 1.165) is 48.4 Å². The fourth-order valence-electron chi connectivity index (χ4n) is 3.00. The topological polar surface area (TPSA) is 66.5 Å². The van der Waals surface area contributed by atoms with Crippen LogP contribution in [-0.4, -0.2) is 37.5 Å². The van der Waals surface area contributed by atoms with Crippen LogP contribution in [0.25, 0.3) is 0 Å². The fraction of sp³-hybridized carbons (Fsp3) is 0.562. The molecule has 1 amide bonds. The zero-order valence-corrected chi connectivity index (χ0v) is 14.4. The number of rotatable bonds is 5. The average molecular weight is 360 g/mol. The minimum Gasteiger partial charge on any atom is -0.320 e. The summed E-state index contributed by atoms with van der Waals surface area (Å²) < 4.78 is 52.5. The molecule has 0 radical (unpaired) electrons. The molecule has 1 saturated carbocycles. The third-order valence-electron chi connectivity index (χ3n) is 4.18. The van der Waals surface area contributed by atoms with Crippen LogP contribution >= 0.6 is 0 Å². The number of hydrogen-bond donors (Lipinski definition) is 1. The molecule has 0 spiro atoms. The highest BCUT2D eigenvalue weighted by Crippen LogP contribution is 2.24.